The molecule has 9 aromatic carbocycles. The second-order valence-corrected chi connectivity index (χ2v) is 19.8. The molecule has 6 heteroatoms. The van der Waals surface area contributed by atoms with Gasteiger partial charge in [-0.05, 0) is 57.1 Å². The molecule has 0 aliphatic rings. The number of para-hydroxylation sites is 4. The van der Waals surface area contributed by atoms with Crippen molar-refractivity contribution in [2.75, 3.05) is 0 Å². The highest BCUT2D eigenvalue weighted by Gasteiger charge is 2.41. The number of aromatic nitrogens is 5. The Bertz CT molecular complexity index is 3470. The molecule has 63 heavy (non-hydrogen) atoms. The number of rotatable bonds is 8. The standard InChI is InChI=1S/C57H39N5Si/c1-5-21-40(22-6-1)55-58-56(60-57(59-55)62-52-37-17-13-31-46(52)47-32-14-18-38-53(47)62)50-35-20-34-49-48-33-15-16-36-51(48)61(54(49)50)41-23-19-30-45(39-41)63(42-24-7-2-8-25-42,43-26-9-3-10-27-43)44-28-11-4-12-29-44/h1-39H. The van der Waals surface area contributed by atoms with E-state index in [1.807, 2.05) is 18.2 Å². The first-order chi connectivity index (χ1) is 31.3. The topological polar surface area (TPSA) is 48.5 Å². The van der Waals surface area contributed by atoms with Gasteiger partial charge in [-0.25, -0.2) is 4.98 Å². The van der Waals surface area contributed by atoms with Crippen molar-refractivity contribution < 1.29 is 0 Å². The van der Waals surface area contributed by atoms with Gasteiger partial charge in [-0.2, -0.15) is 9.97 Å². The zero-order valence-electron chi connectivity index (χ0n) is 34.3. The summed E-state index contributed by atoms with van der Waals surface area (Å²) in [5, 5.41) is 9.89. The Morgan fingerprint density at radius 2 is 0.746 bits per heavy atom. The predicted molar refractivity (Wildman–Crippen MR) is 263 cm³/mol. The highest BCUT2D eigenvalue weighted by Crippen LogP contribution is 2.38. The van der Waals surface area contributed by atoms with Crippen LogP contribution in [0.25, 0.3) is 78.0 Å². The van der Waals surface area contributed by atoms with E-state index in [1.165, 1.54) is 20.7 Å². The van der Waals surface area contributed by atoms with Crippen molar-refractivity contribution in [3.8, 4) is 34.4 Å². The van der Waals surface area contributed by atoms with E-state index in [2.05, 4.69) is 228 Å². The van der Waals surface area contributed by atoms with Crippen molar-refractivity contribution in [3.05, 3.63) is 237 Å². The molecule has 0 atom stereocenters. The summed E-state index contributed by atoms with van der Waals surface area (Å²) in [7, 11) is -2.83. The molecule has 12 aromatic rings. The number of benzene rings is 9. The molecular formula is C57H39N5Si. The first-order valence-electron chi connectivity index (χ1n) is 21.4. The second-order valence-electron chi connectivity index (χ2n) is 16.0. The zero-order chi connectivity index (χ0) is 41.7. The fraction of sp³-hybridized carbons (Fsp3) is 0. The Morgan fingerprint density at radius 3 is 1.32 bits per heavy atom. The number of hydrogen-bond acceptors (Lipinski definition) is 3. The maximum atomic E-state index is 5.44. The molecule has 0 radical (unpaired) electrons. The minimum Gasteiger partial charge on any atom is -0.309 e. The maximum Gasteiger partial charge on any atom is 0.238 e. The summed E-state index contributed by atoms with van der Waals surface area (Å²) in [6.45, 7) is 0. The lowest BCUT2D eigenvalue weighted by Gasteiger charge is -2.34. The van der Waals surface area contributed by atoms with Crippen LogP contribution in [0, 0.1) is 0 Å². The average Bonchev–Trinajstić information content (AvgIpc) is 3.89. The van der Waals surface area contributed by atoms with Crippen molar-refractivity contribution in [3.63, 3.8) is 0 Å². The van der Waals surface area contributed by atoms with Gasteiger partial charge in [-0.15, -0.1) is 0 Å². The molecule has 0 fully saturated rings. The molecule has 3 heterocycles. The highest BCUT2D eigenvalue weighted by molar-refractivity contribution is 7.19. The summed E-state index contributed by atoms with van der Waals surface area (Å²) >= 11 is 0. The molecule has 0 aliphatic carbocycles. The van der Waals surface area contributed by atoms with Crippen LogP contribution in [0.3, 0.4) is 0 Å². The van der Waals surface area contributed by atoms with Crippen LogP contribution in [-0.4, -0.2) is 32.2 Å². The summed E-state index contributed by atoms with van der Waals surface area (Å²) in [6, 6.07) is 85.1. The molecule has 0 saturated carbocycles. The quantitative estimate of drug-likeness (QED) is 0.113. The van der Waals surface area contributed by atoms with E-state index in [1.54, 1.807) is 0 Å². The van der Waals surface area contributed by atoms with Crippen molar-refractivity contribution >= 4 is 72.4 Å². The summed E-state index contributed by atoms with van der Waals surface area (Å²) in [6.07, 6.45) is 0. The molecule has 3 aromatic heterocycles. The first-order valence-corrected chi connectivity index (χ1v) is 23.4. The van der Waals surface area contributed by atoms with E-state index in [9.17, 15) is 0 Å². The van der Waals surface area contributed by atoms with Crippen LogP contribution in [0.15, 0.2) is 237 Å². The minimum atomic E-state index is -2.83. The predicted octanol–water partition coefficient (Wildman–Crippen LogP) is 10.8. The summed E-state index contributed by atoms with van der Waals surface area (Å²) in [5.41, 5.74) is 7.17. The number of hydrogen-bond donors (Lipinski definition) is 0. The van der Waals surface area contributed by atoms with E-state index in [-0.39, 0.29) is 0 Å². The van der Waals surface area contributed by atoms with E-state index in [0.717, 1.165) is 60.4 Å². The van der Waals surface area contributed by atoms with Gasteiger partial charge in [-0.1, -0.05) is 200 Å². The van der Waals surface area contributed by atoms with Crippen molar-refractivity contribution in [1.82, 2.24) is 24.1 Å². The zero-order valence-corrected chi connectivity index (χ0v) is 35.3. The van der Waals surface area contributed by atoms with Crippen molar-refractivity contribution in [1.29, 1.82) is 0 Å². The molecule has 0 N–H and O–H groups in total. The van der Waals surface area contributed by atoms with Gasteiger partial charge in [0.2, 0.25) is 5.95 Å². The normalized spacial score (nSPS) is 11.8. The van der Waals surface area contributed by atoms with Crippen LogP contribution < -0.4 is 20.7 Å². The maximum absolute atomic E-state index is 5.44. The van der Waals surface area contributed by atoms with E-state index >= 15 is 0 Å². The summed E-state index contributed by atoms with van der Waals surface area (Å²) < 4.78 is 4.61. The molecule has 0 bridgehead atoms. The van der Waals surface area contributed by atoms with Crippen LogP contribution in [0.4, 0.5) is 0 Å². The molecular weight excluding hydrogens is 783 g/mol. The Balaban J connectivity index is 1.15. The van der Waals surface area contributed by atoms with Crippen LogP contribution in [0.2, 0.25) is 0 Å². The smallest absolute Gasteiger partial charge is 0.238 e. The lowest BCUT2D eigenvalue weighted by molar-refractivity contribution is 0.953. The van der Waals surface area contributed by atoms with Gasteiger partial charge < -0.3 is 4.57 Å². The fourth-order valence-electron chi connectivity index (χ4n) is 9.85. The van der Waals surface area contributed by atoms with Gasteiger partial charge in [0.1, 0.15) is 0 Å². The number of fused-ring (bicyclic) bond motifs is 6. The lowest BCUT2D eigenvalue weighted by atomic mass is 10.1. The third-order valence-corrected chi connectivity index (χ3v) is 17.3. The summed E-state index contributed by atoms with van der Waals surface area (Å²) in [4.78, 5) is 16.0. The average molecular weight is 822 g/mol. The Labute approximate surface area is 365 Å². The molecule has 5 nitrogen and oxygen atoms in total. The van der Waals surface area contributed by atoms with E-state index < -0.39 is 8.07 Å². The molecule has 12 rings (SSSR count). The molecule has 0 unspecified atom stereocenters. The fourth-order valence-corrected chi connectivity index (χ4v) is 14.6. The second kappa shape index (κ2) is 15.1. The van der Waals surface area contributed by atoms with Crippen LogP contribution in [0.1, 0.15) is 0 Å². The molecule has 0 saturated heterocycles. The van der Waals surface area contributed by atoms with Crippen molar-refractivity contribution in [2.45, 2.75) is 0 Å². The number of nitrogens with zero attached hydrogens (tertiary/aromatic N) is 5. The van der Waals surface area contributed by atoms with E-state index in [0.29, 0.717) is 17.6 Å². The van der Waals surface area contributed by atoms with Gasteiger partial charge in [0.05, 0.1) is 22.1 Å². The van der Waals surface area contributed by atoms with Crippen LogP contribution in [-0.2, 0) is 0 Å². The van der Waals surface area contributed by atoms with Gasteiger partial charge in [0, 0.05) is 38.4 Å². The summed E-state index contributed by atoms with van der Waals surface area (Å²) in [5.74, 6) is 1.79. The van der Waals surface area contributed by atoms with Gasteiger partial charge in [0.15, 0.2) is 19.7 Å². The molecule has 296 valence electrons. The molecule has 0 spiro atoms. The Morgan fingerprint density at radius 1 is 0.317 bits per heavy atom. The lowest BCUT2D eigenvalue weighted by Crippen LogP contribution is -2.74. The van der Waals surface area contributed by atoms with Crippen LogP contribution in [0.5, 0.6) is 0 Å². The largest absolute Gasteiger partial charge is 0.309 e. The SMILES string of the molecule is c1ccc(-c2nc(-c3cccc4c5ccccc5n(-c5cccc([Si](c6ccccc6)(c6ccccc6)c6ccccc6)c5)c34)nc(-n3c4ccccc4c4ccccc43)n2)cc1. The first kappa shape index (κ1) is 36.6. The van der Waals surface area contributed by atoms with Gasteiger partial charge in [0.25, 0.3) is 0 Å². The molecule has 0 amide bonds. The monoisotopic (exact) mass is 821 g/mol. The van der Waals surface area contributed by atoms with Gasteiger partial charge in [-0.3, -0.25) is 4.57 Å². The van der Waals surface area contributed by atoms with Crippen molar-refractivity contribution in [2.24, 2.45) is 0 Å². The minimum absolute atomic E-state index is 0.572. The highest BCUT2D eigenvalue weighted by atomic mass is 28.3. The molecule has 0 aliphatic heterocycles. The van der Waals surface area contributed by atoms with E-state index in [4.69, 9.17) is 15.0 Å². The Kier molecular flexibility index (Phi) is 8.76. The van der Waals surface area contributed by atoms with Crippen LogP contribution >= 0.6 is 0 Å². The van der Waals surface area contributed by atoms with Gasteiger partial charge >= 0.3 is 0 Å². The Hall–Kier alpha value is -8.19. The third-order valence-electron chi connectivity index (χ3n) is 12.5. The third kappa shape index (κ3) is 5.87.